The third-order valence-electron chi connectivity index (χ3n) is 6.24. The quantitative estimate of drug-likeness (QED) is 0.256. The lowest BCUT2D eigenvalue weighted by Gasteiger charge is -2.06. The molecule has 0 aliphatic rings. The van der Waals surface area contributed by atoms with Gasteiger partial charge in [-0.25, -0.2) is 14.8 Å². The second kappa shape index (κ2) is 7.03. The highest BCUT2D eigenvalue weighted by molar-refractivity contribution is 6.07. The van der Waals surface area contributed by atoms with Crippen LogP contribution in [0.1, 0.15) is 0 Å². The molecule has 0 aliphatic heterocycles. The van der Waals surface area contributed by atoms with E-state index in [1.807, 2.05) is 24.3 Å². The molecular formula is C29H15N3O2. The highest BCUT2D eigenvalue weighted by atomic mass is 16.3. The Morgan fingerprint density at radius 2 is 1.12 bits per heavy atom. The molecule has 3 aromatic heterocycles. The predicted octanol–water partition coefficient (Wildman–Crippen LogP) is 8.16. The largest absolute Gasteiger partial charge is 0.456 e. The monoisotopic (exact) mass is 437 g/mol. The highest BCUT2D eigenvalue weighted by Gasteiger charge is 2.12. The summed E-state index contributed by atoms with van der Waals surface area (Å²) in [5.41, 5.74) is 8.75. The molecule has 0 bridgehead atoms. The molecule has 3 heterocycles. The number of aromatic nitrogens is 2. The smallest absolute Gasteiger partial charge is 0.246 e. The Bertz CT molecular complexity index is 1920. The summed E-state index contributed by atoms with van der Waals surface area (Å²) in [6, 6.07) is 26.4. The second-order valence-corrected chi connectivity index (χ2v) is 8.21. The summed E-state index contributed by atoms with van der Waals surface area (Å²) in [5, 5.41) is 2.94. The molecule has 0 saturated heterocycles. The van der Waals surface area contributed by atoms with E-state index in [9.17, 15) is 0 Å². The summed E-state index contributed by atoms with van der Waals surface area (Å²) < 4.78 is 11.8. The van der Waals surface area contributed by atoms with Gasteiger partial charge in [-0.05, 0) is 58.7 Å². The van der Waals surface area contributed by atoms with E-state index in [1.165, 1.54) is 0 Å². The molecule has 0 aliphatic carbocycles. The maximum absolute atomic E-state index is 7.31. The van der Waals surface area contributed by atoms with Gasteiger partial charge >= 0.3 is 0 Å². The lowest BCUT2D eigenvalue weighted by Crippen LogP contribution is -1.81. The van der Waals surface area contributed by atoms with Gasteiger partial charge in [0.05, 0.1) is 6.57 Å². The molecule has 158 valence electrons. The van der Waals surface area contributed by atoms with Crippen molar-refractivity contribution in [3.63, 3.8) is 0 Å². The molecule has 5 heteroatoms. The van der Waals surface area contributed by atoms with Gasteiger partial charge in [0.25, 0.3) is 0 Å². The molecule has 0 unspecified atom stereocenters. The fourth-order valence-corrected chi connectivity index (χ4v) is 4.54. The van der Waals surface area contributed by atoms with Crippen LogP contribution in [0, 0.1) is 6.57 Å². The topological polar surface area (TPSA) is 56.4 Å². The molecule has 34 heavy (non-hydrogen) atoms. The number of benzene rings is 4. The Hall–Kier alpha value is -4.95. The highest BCUT2D eigenvalue weighted by Crippen LogP contribution is 2.35. The summed E-state index contributed by atoms with van der Waals surface area (Å²) in [7, 11) is 0. The minimum absolute atomic E-state index is 0.552. The van der Waals surface area contributed by atoms with Crippen molar-refractivity contribution in [1.82, 2.24) is 9.97 Å². The van der Waals surface area contributed by atoms with E-state index in [0.29, 0.717) is 11.4 Å². The Morgan fingerprint density at radius 3 is 1.82 bits per heavy atom. The van der Waals surface area contributed by atoms with Crippen molar-refractivity contribution >= 4 is 49.8 Å². The zero-order chi connectivity index (χ0) is 22.6. The van der Waals surface area contributed by atoms with Crippen LogP contribution in [0.5, 0.6) is 0 Å². The van der Waals surface area contributed by atoms with Gasteiger partial charge in [0, 0.05) is 28.6 Å². The van der Waals surface area contributed by atoms with Gasteiger partial charge in [0.2, 0.25) is 5.71 Å². The van der Waals surface area contributed by atoms with Crippen LogP contribution in [0.4, 0.5) is 5.69 Å². The number of rotatable bonds is 2. The second-order valence-electron chi connectivity index (χ2n) is 8.21. The van der Waals surface area contributed by atoms with Crippen LogP contribution in [-0.4, -0.2) is 9.97 Å². The zero-order valence-corrected chi connectivity index (χ0v) is 17.8. The summed E-state index contributed by atoms with van der Waals surface area (Å²) >= 11 is 0. The van der Waals surface area contributed by atoms with Crippen LogP contribution in [0.15, 0.2) is 100 Å². The van der Waals surface area contributed by atoms with Crippen molar-refractivity contribution < 1.29 is 8.83 Å². The van der Waals surface area contributed by atoms with Crippen molar-refractivity contribution in [2.45, 2.75) is 0 Å². The van der Waals surface area contributed by atoms with Crippen molar-refractivity contribution in [2.75, 3.05) is 0 Å². The van der Waals surface area contributed by atoms with E-state index in [-0.39, 0.29) is 0 Å². The Balaban J connectivity index is 1.29. The van der Waals surface area contributed by atoms with E-state index in [2.05, 4.69) is 63.3 Å². The molecule has 0 radical (unpaired) electrons. The van der Waals surface area contributed by atoms with Gasteiger partial charge in [-0.2, -0.15) is 0 Å². The van der Waals surface area contributed by atoms with Crippen molar-refractivity contribution in [3.05, 3.63) is 103 Å². The Kier molecular flexibility index (Phi) is 3.84. The first kappa shape index (κ1) is 18.6. The molecule has 0 saturated carbocycles. The summed E-state index contributed by atoms with van der Waals surface area (Å²) in [6.07, 6.45) is 3.32. The van der Waals surface area contributed by atoms with Gasteiger partial charge in [-0.1, -0.05) is 42.5 Å². The lowest BCUT2D eigenvalue weighted by molar-refractivity contribution is 0.653. The predicted molar refractivity (Wildman–Crippen MR) is 134 cm³/mol. The molecule has 0 atom stereocenters. The molecule has 0 amide bonds. The van der Waals surface area contributed by atoms with Crippen LogP contribution in [-0.2, 0) is 0 Å². The van der Waals surface area contributed by atoms with Crippen LogP contribution in [0.2, 0.25) is 0 Å². The molecule has 4 aromatic carbocycles. The molecule has 0 N–H and O–H groups in total. The first-order valence-corrected chi connectivity index (χ1v) is 10.8. The minimum atomic E-state index is 0.552. The molecule has 5 nitrogen and oxygen atoms in total. The number of furan rings is 2. The number of fused-ring (bicyclic) bond motifs is 6. The van der Waals surface area contributed by atoms with Crippen LogP contribution < -0.4 is 0 Å². The van der Waals surface area contributed by atoms with Crippen LogP contribution in [0.3, 0.4) is 0 Å². The zero-order valence-electron chi connectivity index (χ0n) is 17.8. The molecule has 7 rings (SSSR count). The lowest BCUT2D eigenvalue weighted by atomic mass is 9.98. The average molecular weight is 437 g/mol. The summed E-state index contributed by atoms with van der Waals surface area (Å²) in [5.74, 6) is 0. The standard InChI is InChI=1S/C29H15N3O2/c1-30-21-8-11-26-23(16-21)22-14-19(6-9-25(22)33-26)17-2-4-18(5-3-17)20-7-10-27-24(15-20)28-29(34-27)32-13-12-31-28/h2-16H. The number of hydrogen-bond donors (Lipinski definition) is 0. The van der Waals surface area contributed by atoms with Crippen LogP contribution >= 0.6 is 0 Å². The SMILES string of the molecule is [C-]#[N+]c1ccc2oc3ccc(-c4ccc(-c5ccc6oc7nccnc7c6c5)cc4)cc3c2c1. The molecular weight excluding hydrogens is 422 g/mol. The summed E-state index contributed by atoms with van der Waals surface area (Å²) in [6.45, 7) is 7.31. The van der Waals surface area contributed by atoms with E-state index in [4.69, 9.17) is 15.4 Å². The minimum Gasteiger partial charge on any atom is -0.456 e. The first-order valence-electron chi connectivity index (χ1n) is 10.8. The fraction of sp³-hybridized carbons (Fsp3) is 0. The van der Waals surface area contributed by atoms with Gasteiger partial charge in [-0.15, -0.1) is 0 Å². The van der Waals surface area contributed by atoms with Gasteiger partial charge in [0.1, 0.15) is 22.3 Å². The van der Waals surface area contributed by atoms with Gasteiger partial charge < -0.3 is 8.83 Å². The van der Waals surface area contributed by atoms with Crippen molar-refractivity contribution in [2.24, 2.45) is 0 Å². The molecule has 7 aromatic rings. The third kappa shape index (κ3) is 2.79. The fourth-order valence-electron chi connectivity index (χ4n) is 4.54. The molecule has 0 spiro atoms. The average Bonchev–Trinajstić information content (AvgIpc) is 3.45. The summed E-state index contributed by atoms with van der Waals surface area (Å²) in [4.78, 5) is 12.2. The Morgan fingerprint density at radius 1 is 0.559 bits per heavy atom. The van der Waals surface area contributed by atoms with E-state index in [1.54, 1.807) is 18.5 Å². The molecule has 0 fully saturated rings. The maximum Gasteiger partial charge on any atom is 0.246 e. The van der Waals surface area contributed by atoms with E-state index in [0.717, 1.165) is 60.7 Å². The van der Waals surface area contributed by atoms with Crippen molar-refractivity contribution in [1.29, 1.82) is 0 Å². The number of hydrogen-bond acceptors (Lipinski definition) is 4. The maximum atomic E-state index is 7.31. The van der Waals surface area contributed by atoms with Gasteiger partial charge in [-0.3, -0.25) is 0 Å². The van der Waals surface area contributed by atoms with E-state index < -0.39 is 0 Å². The third-order valence-corrected chi connectivity index (χ3v) is 6.24. The first-order chi connectivity index (χ1) is 16.8. The van der Waals surface area contributed by atoms with Crippen LogP contribution in [0.25, 0.3) is 71.2 Å². The normalized spacial score (nSPS) is 11.5. The van der Waals surface area contributed by atoms with Gasteiger partial charge in [0.15, 0.2) is 5.69 Å². The van der Waals surface area contributed by atoms with Crippen molar-refractivity contribution in [3.8, 4) is 22.3 Å². The van der Waals surface area contributed by atoms with E-state index >= 15 is 0 Å². The Labute approximate surface area is 193 Å². The number of nitrogens with zero attached hydrogens (tertiary/aromatic N) is 3.